The fourth-order valence-corrected chi connectivity index (χ4v) is 4.21. The van der Waals surface area contributed by atoms with Crippen molar-refractivity contribution < 1.29 is 8.42 Å². The molecule has 1 unspecified atom stereocenters. The maximum Gasteiger partial charge on any atom is 0.281 e. The van der Waals surface area contributed by atoms with Crippen molar-refractivity contribution in [1.82, 2.24) is 8.61 Å². The molecule has 1 rings (SSSR count). The average Bonchev–Trinajstić information content (AvgIpc) is 2.38. The molecule has 0 bridgehead atoms. The molecule has 1 saturated heterocycles. The highest BCUT2D eigenvalue weighted by Gasteiger charge is 2.32. The van der Waals surface area contributed by atoms with Crippen LogP contribution in [-0.4, -0.2) is 49.1 Å². The number of nitrogens with zero attached hydrogens (tertiary/aromatic N) is 2. The van der Waals surface area contributed by atoms with E-state index >= 15 is 0 Å². The fraction of sp³-hybridized carbons (Fsp3) is 1.00. The van der Waals surface area contributed by atoms with E-state index in [1.807, 2.05) is 6.92 Å². The van der Waals surface area contributed by atoms with Crippen LogP contribution < -0.4 is 0 Å². The van der Waals surface area contributed by atoms with Crippen LogP contribution in [0.5, 0.6) is 0 Å². The van der Waals surface area contributed by atoms with Gasteiger partial charge in [-0.3, -0.25) is 0 Å². The average molecular weight is 297 g/mol. The summed E-state index contributed by atoms with van der Waals surface area (Å²) in [5.41, 5.74) is 0. The molecule has 0 aliphatic carbocycles. The van der Waals surface area contributed by atoms with Gasteiger partial charge in [-0.15, -0.1) is 11.6 Å². The Bertz CT molecular complexity index is 340. The Morgan fingerprint density at radius 2 is 1.94 bits per heavy atom. The number of hydrogen-bond acceptors (Lipinski definition) is 2. The third kappa shape index (κ3) is 3.83. The van der Waals surface area contributed by atoms with E-state index in [1.54, 1.807) is 11.4 Å². The lowest BCUT2D eigenvalue weighted by molar-refractivity contribution is 0.259. The summed E-state index contributed by atoms with van der Waals surface area (Å²) in [7, 11) is -1.61. The van der Waals surface area contributed by atoms with Gasteiger partial charge in [0, 0.05) is 32.1 Å². The Labute approximate surface area is 116 Å². The molecule has 0 amide bonds. The molecule has 1 atom stereocenters. The van der Waals surface area contributed by atoms with Crippen LogP contribution in [0, 0.1) is 5.92 Å². The maximum absolute atomic E-state index is 12.4. The van der Waals surface area contributed by atoms with Gasteiger partial charge < -0.3 is 0 Å². The minimum atomic E-state index is -3.29. The van der Waals surface area contributed by atoms with Gasteiger partial charge >= 0.3 is 0 Å². The summed E-state index contributed by atoms with van der Waals surface area (Å²) in [5, 5.41) is 0. The summed E-state index contributed by atoms with van der Waals surface area (Å²) >= 11 is 5.82. The third-order valence-electron chi connectivity index (χ3n) is 3.81. The molecule has 0 aromatic carbocycles. The molecule has 18 heavy (non-hydrogen) atoms. The Morgan fingerprint density at radius 3 is 2.39 bits per heavy atom. The summed E-state index contributed by atoms with van der Waals surface area (Å²) in [6.45, 7) is 5.24. The van der Waals surface area contributed by atoms with Crippen molar-refractivity contribution in [1.29, 1.82) is 0 Å². The van der Waals surface area contributed by atoms with Crippen molar-refractivity contribution in [3.05, 3.63) is 0 Å². The van der Waals surface area contributed by atoms with Gasteiger partial charge in [-0.2, -0.15) is 17.0 Å². The Balaban J connectivity index is 2.64. The highest BCUT2D eigenvalue weighted by atomic mass is 35.5. The number of piperidine rings is 1. The topological polar surface area (TPSA) is 40.6 Å². The summed E-state index contributed by atoms with van der Waals surface area (Å²) < 4.78 is 27.9. The molecule has 1 fully saturated rings. The van der Waals surface area contributed by atoms with Crippen LogP contribution in [0.25, 0.3) is 0 Å². The number of hydrogen-bond donors (Lipinski definition) is 0. The van der Waals surface area contributed by atoms with Crippen molar-refractivity contribution in [2.75, 3.05) is 26.0 Å². The lowest BCUT2D eigenvalue weighted by atomic mass is 10.0. The van der Waals surface area contributed by atoms with E-state index in [0.717, 1.165) is 25.7 Å². The smallest absolute Gasteiger partial charge is 0.195 e. The largest absolute Gasteiger partial charge is 0.281 e. The number of alkyl halides is 1. The second kappa shape index (κ2) is 7.08. The SMILES string of the molecule is CCCC(C)N(C)S(=O)(=O)N1CCC(CCl)CC1. The van der Waals surface area contributed by atoms with E-state index in [1.165, 1.54) is 4.31 Å². The van der Waals surface area contributed by atoms with Crippen LogP contribution in [0.3, 0.4) is 0 Å². The minimum Gasteiger partial charge on any atom is -0.195 e. The predicted molar refractivity (Wildman–Crippen MR) is 76.1 cm³/mol. The van der Waals surface area contributed by atoms with Gasteiger partial charge in [0.1, 0.15) is 0 Å². The molecule has 6 heteroatoms. The van der Waals surface area contributed by atoms with Crippen LogP contribution in [0.4, 0.5) is 0 Å². The van der Waals surface area contributed by atoms with Crippen molar-refractivity contribution in [2.45, 2.75) is 45.6 Å². The molecule has 4 nitrogen and oxygen atoms in total. The predicted octanol–water partition coefficient (Wildman–Crippen LogP) is 2.30. The maximum atomic E-state index is 12.4. The Kier molecular flexibility index (Phi) is 6.38. The summed E-state index contributed by atoms with van der Waals surface area (Å²) in [5.74, 6) is 1.10. The molecule has 0 spiro atoms. The van der Waals surface area contributed by atoms with Gasteiger partial charge in [-0.1, -0.05) is 13.3 Å². The van der Waals surface area contributed by atoms with Crippen molar-refractivity contribution in [3.8, 4) is 0 Å². The Hall–Kier alpha value is 0.160. The van der Waals surface area contributed by atoms with Crippen molar-refractivity contribution >= 4 is 21.8 Å². The van der Waals surface area contributed by atoms with E-state index in [9.17, 15) is 8.42 Å². The zero-order chi connectivity index (χ0) is 13.8. The van der Waals surface area contributed by atoms with Gasteiger partial charge in [0.05, 0.1) is 0 Å². The summed E-state index contributed by atoms with van der Waals surface area (Å²) in [6, 6.07) is 0.0609. The van der Waals surface area contributed by atoms with Crippen LogP contribution in [0.15, 0.2) is 0 Å². The normalized spacial score (nSPS) is 21.4. The third-order valence-corrected chi connectivity index (χ3v) is 6.35. The summed E-state index contributed by atoms with van der Waals surface area (Å²) in [4.78, 5) is 0. The van der Waals surface area contributed by atoms with E-state index in [-0.39, 0.29) is 6.04 Å². The van der Waals surface area contributed by atoms with Gasteiger partial charge in [0.15, 0.2) is 0 Å². The second-order valence-electron chi connectivity index (χ2n) is 5.16. The standard InChI is InChI=1S/C12H25ClN2O2S/c1-4-5-11(2)14(3)18(16,17)15-8-6-12(10-13)7-9-15/h11-12H,4-10H2,1-3H3. The first-order valence-electron chi connectivity index (χ1n) is 6.72. The van der Waals surface area contributed by atoms with E-state index < -0.39 is 10.2 Å². The lowest BCUT2D eigenvalue weighted by Gasteiger charge is -2.35. The van der Waals surface area contributed by atoms with Crippen LogP contribution in [0.1, 0.15) is 39.5 Å². The van der Waals surface area contributed by atoms with E-state index in [0.29, 0.717) is 24.9 Å². The molecule has 0 aromatic rings. The first-order valence-corrected chi connectivity index (χ1v) is 8.65. The monoisotopic (exact) mass is 296 g/mol. The first kappa shape index (κ1) is 16.2. The number of halogens is 1. The number of rotatable bonds is 6. The van der Waals surface area contributed by atoms with Gasteiger partial charge in [-0.05, 0) is 32.1 Å². The van der Waals surface area contributed by atoms with E-state index in [2.05, 4.69) is 6.92 Å². The molecule has 0 aromatic heterocycles. The van der Waals surface area contributed by atoms with Crippen LogP contribution >= 0.6 is 11.6 Å². The fourth-order valence-electron chi connectivity index (χ4n) is 2.30. The highest BCUT2D eigenvalue weighted by Crippen LogP contribution is 2.23. The Morgan fingerprint density at radius 1 is 1.39 bits per heavy atom. The van der Waals surface area contributed by atoms with Crippen molar-refractivity contribution in [2.24, 2.45) is 5.92 Å². The molecule has 0 N–H and O–H groups in total. The highest BCUT2D eigenvalue weighted by molar-refractivity contribution is 7.86. The zero-order valence-corrected chi connectivity index (χ0v) is 13.2. The van der Waals surface area contributed by atoms with E-state index in [4.69, 9.17) is 11.6 Å². The molecule has 0 radical (unpaired) electrons. The second-order valence-corrected chi connectivity index (χ2v) is 7.46. The molecule has 108 valence electrons. The van der Waals surface area contributed by atoms with Gasteiger partial charge in [0.2, 0.25) is 0 Å². The molecule has 1 heterocycles. The van der Waals surface area contributed by atoms with Crippen LogP contribution in [0.2, 0.25) is 0 Å². The van der Waals surface area contributed by atoms with Gasteiger partial charge in [0.25, 0.3) is 10.2 Å². The molecular formula is C12H25ClN2O2S. The van der Waals surface area contributed by atoms with Crippen LogP contribution in [-0.2, 0) is 10.2 Å². The molecular weight excluding hydrogens is 272 g/mol. The minimum absolute atomic E-state index is 0.0609. The molecule has 1 aliphatic heterocycles. The lowest BCUT2D eigenvalue weighted by Crippen LogP contribution is -2.48. The zero-order valence-electron chi connectivity index (χ0n) is 11.6. The quantitative estimate of drug-likeness (QED) is 0.706. The first-order chi connectivity index (χ1) is 8.43. The molecule has 0 saturated carbocycles. The van der Waals surface area contributed by atoms with Gasteiger partial charge in [-0.25, -0.2) is 0 Å². The van der Waals surface area contributed by atoms with Crippen molar-refractivity contribution in [3.63, 3.8) is 0 Å². The summed E-state index contributed by atoms with van der Waals surface area (Å²) in [6.07, 6.45) is 3.64. The molecule has 1 aliphatic rings.